The van der Waals surface area contributed by atoms with E-state index in [0.29, 0.717) is 17.2 Å². The van der Waals surface area contributed by atoms with Crippen molar-refractivity contribution >= 4 is 34.8 Å². The topological polar surface area (TPSA) is 59.2 Å². The number of carbonyl (C=O) groups excluding carboxylic acids is 2. The molecule has 5 heteroatoms. The summed E-state index contributed by atoms with van der Waals surface area (Å²) in [5.41, 5.74) is 1.52. The fraction of sp³-hybridized carbons (Fsp3) is 0.286. The SMILES string of the molecule is CC(=O)Oc1c(CC(C)C=O)[nH]c2cc(Cl)ccc12. The number of H-pyrrole nitrogens is 1. The second-order valence-electron chi connectivity index (χ2n) is 4.53. The number of hydrogen-bond acceptors (Lipinski definition) is 3. The Morgan fingerprint density at radius 2 is 2.26 bits per heavy atom. The smallest absolute Gasteiger partial charge is 0.308 e. The van der Waals surface area contributed by atoms with Gasteiger partial charge in [0.2, 0.25) is 0 Å². The molecule has 1 heterocycles. The lowest BCUT2D eigenvalue weighted by Gasteiger charge is -2.05. The number of fused-ring (bicyclic) bond motifs is 1. The molecule has 0 bridgehead atoms. The van der Waals surface area contributed by atoms with Crippen molar-refractivity contribution in [3.05, 3.63) is 28.9 Å². The molecule has 2 aromatic rings. The number of carbonyl (C=O) groups is 2. The quantitative estimate of drug-likeness (QED) is 0.691. The van der Waals surface area contributed by atoms with Crippen molar-refractivity contribution in [3.8, 4) is 5.75 Å². The van der Waals surface area contributed by atoms with Crippen molar-refractivity contribution in [1.29, 1.82) is 0 Å². The minimum Gasteiger partial charge on any atom is -0.424 e. The largest absolute Gasteiger partial charge is 0.424 e. The minimum absolute atomic E-state index is 0.155. The molecule has 0 aliphatic heterocycles. The zero-order valence-corrected chi connectivity index (χ0v) is 11.5. The molecule has 0 amide bonds. The average Bonchev–Trinajstić information content (AvgIpc) is 2.65. The van der Waals surface area contributed by atoms with Gasteiger partial charge in [0.15, 0.2) is 5.75 Å². The lowest BCUT2D eigenvalue weighted by atomic mass is 10.1. The van der Waals surface area contributed by atoms with E-state index in [1.54, 1.807) is 18.2 Å². The summed E-state index contributed by atoms with van der Waals surface area (Å²) in [4.78, 5) is 25.1. The Morgan fingerprint density at radius 3 is 2.89 bits per heavy atom. The van der Waals surface area contributed by atoms with Gasteiger partial charge in [-0.3, -0.25) is 4.79 Å². The number of esters is 1. The molecule has 1 atom stereocenters. The van der Waals surface area contributed by atoms with Crippen molar-refractivity contribution in [2.24, 2.45) is 5.92 Å². The Balaban J connectivity index is 2.53. The first-order valence-electron chi connectivity index (χ1n) is 5.95. The molecule has 1 aromatic heterocycles. The molecule has 19 heavy (non-hydrogen) atoms. The van der Waals surface area contributed by atoms with Crippen LogP contribution in [-0.4, -0.2) is 17.2 Å². The Kier molecular flexibility index (Phi) is 3.90. The molecule has 2 rings (SSSR count). The van der Waals surface area contributed by atoms with Crippen LogP contribution in [0.15, 0.2) is 18.2 Å². The summed E-state index contributed by atoms with van der Waals surface area (Å²) in [6.45, 7) is 3.16. The second-order valence-corrected chi connectivity index (χ2v) is 4.97. The van der Waals surface area contributed by atoms with Crippen molar-refractivity contribution in [2.45, 2.75) is 20.3 Å². The van der Waals surface area contributed by atoms with Crippen molar-refractivity contribution in [1.82, 2.24) is 4.98 Å². The van der Waals surface area contributed by atoms with Crippen LogP contribution in [0.4, 0.5) is 0 Å². The van der Waals surface area contributed by atoms with Crippen LogP contribution in [-0.2, 0) is 16.0 Å². The number of aldehydes is 1. The summed E-state index contributed by atoms with van der Waals surface area (Å²) in [5.74, 6) is -0.0680. The Hall–Kier alpha value is -1.81. The zero-order valence-electron chi connectivity index (χ0n) is 10.7. The lowest BCUT2D eigenvalue weighted by Crippen LogP contribution is -2.06. The molecular formula is C14H14ClNO3. The first-order valence-corrected chi connectivity index (χ1v) is 6.33. The third-order valence-electron chi connectivity index (χ3n) is 2.79. The number of ether oxygens (including phenoxy) is 1. The summed E-state index contributed by atoms with van der Waals surface area (Å²) in [6.07, 6.45) is 1.36. The summed E-state index contributed by atoms with van der Waals surface area (Å²) in [6, 6.07) is 5.29. The van der Waals surface area contributed by atoms with Crippen LogP contribution in [0.3, 0.4) is 0 Å². The van der Waals surface area contributed by atoms with E-state index in [9.17, 15) is 9.59 Å². The summed E-state index contributed by atoms with van der Waals surface area (Å²) >= 11 is 5.94. The second kappa shape index (κ2) is 5.45. The van der Waals surface area contributed by atoms with E-state index in [4.69, 9.17) is 16.3 Å². The average molecular weight is 280 g/mol. The van der Waals surface area contributed by atoms with Crippen LogP contribution in [0.2, 0.25) is 5.02 Å². The van der Waals surface area contributed by atoms with E-state index in [-0.39, 0.29) is 5.92 Å². The molecule has 4 nitrogen and oxygen atoms in total. The molecule has 0 fully saturated rings. The van der Waals surface area contributed by atoms with E-state index in [1.807, 2.05) is 6.92 Å². The van der Waals surface area contributed by atoms with Crippen LogP contribution in [0.1, 0.15) is 19.5 Å². The summed E-state index contributed by atoms with van der Waals surface area (Å²) < 4.78 is 5.25. The number of aromatic amines is 1. The molecule has 1 N–H and O–H groups in total. The van der Waals surface area contributed by atoms with Gasteiger partial charge in [-0.25, -0.2) is 0 Å². The van der Waals surface area contributed by atoms with Crippen molar-refractivity contribution < 1.29 is 14.3 Å². The van der Waals surface area contributed by atoms with Gasteiger partial charge in [0.05, 0.1) is 11.2 Å². The molecule has 1 aromatic carbocycles. The summed E-state index contributed by atoms with van der Waals surface area (Å²) in [5, 5.41) is 1.38. The van der Waals surface area contributed by atoms with E-state index in [1.165, 1.54) is 6.92 Å². The van der Waals surface area contributed by atoms with E-state index >= 15 is 0 Å². The van der Waals surface area contributed by atoms with E-state index < -0.39 is 5.97 Å². The predicted molar refractivity (Wildman–Crippen MR) is 73.5 cm³/mol. The molecule has 0 aliphatic rings. The number of rotatable bonds is 4. The Labute approximate surface area is 115 Å². The molecule has 0 saturated heterocycles. The van der Waals surface area contributed by atoms with Gasteiger partial charge in [-0.05, 0) is 18.2 Å². The molecule has 0 aliphatic carbocycles. The maximum Gasteiger partial charge on any atom is 0.308 e. The predicted octanol–water partition coefficient (Wildman–Crippen LogP) is 3.12. The van der Waals surface area contributed by atoms with Crippen LogP contribution in [0.25, 0.3) is 10.9 Å². The first-order chi connectivity index (χ1) is 9.01. The maximum absolute atomic E-state index is 11.2. The monoisotopic (exact) mass is 279 g/mol. The van der Waals surface area contributed by atoms with Gasteiger partial charge in [0.25, 0.3) is 0 Å². The van der Waals surface area contributed by atoms with Gasteiger partial charge in [0.1, 0.15) is 6.29 Å². The van der Waals surface area contributed by atoms with Crippen molar-refractivity contribution in [3.63, 3.8) is 0 Å². The number of hydrogen-bond donors (Lipinski definition) is 1. The molecule has 0 spiro atoms. The Bertz CT molecular complexity index is 633. The van der Waals surface area contributed by atoms with Crippen LogP contribution in [0, 0.1) is 5.92 Å². The third kappa shape index (κ3) is 2.96. The highest BCUT2D eigenvalue weighted by atomic mass is 35.5. The zero-order chi connectivity index (χ0) is 14.0. The molecular weight excluding hydrogens is 266 g/mol. The Morgan fingerprint density at radius 1 is 1.53 bits per heavy atom. The first kappa shape index (κ1) is 13.6. The van der Waals surface area contributed by atoms with Gasteiger partial charge in [-0.1, -0.05) is 18.5 Å². The highest BCUT2D eigenvalue weighted by molar-refractivity contribution is 6.31. The van der Waals surface area contributed by atoms with Crippen LogP contribution >= 0.6 is 11.6 Å². The van der Waals surface area contributed by atoms with Crippen LogP contribution in [0.5, 0.6) is 5.75 Å². The van der Waals surface area contributed by atoms with Crippen LogP contribution < -0.4 is 4.74 Å². The van der Waals surface area contributed by atoms with Gasteiger partial charge in [-0.15, -0.1) is 0 Å². The van der Waals surface area contributed by atoms with E-state index in [2.05, 4.69) is 4.98 Å². The standard InChI is InChI=1S/C14H14ClNO3/c1-8(7-17)5-13-14(19-9(2)18)11-4-3-10(15)6-12(11)16-13/h3-4,6-8,16H,5H2,1-2H3. The number of aromatic nitrogens is 1. The highest BCUT2D eigenvalue weighted by Crippen LogP contribution is 2.33. The molecule has 0 radical (unpaired) electrons. The number of halogens is 1. The summed E-state index contributed by atoms with van der Waals surface area (Å²) in [7, 11) is 0. The number of benzene rings is 1. The van der Waals surface area contributed by atoms with Gasteiger partial charge in [-0.2, -0.15) is 0 Å². The van der Waals surface area contributed by atoms with Gasteiger partial charge >= 0.3 is 5.97 Å². The fourth-order valence-electron chi connectivity index (χ4n) is 1.97. The van der Waals surface area contributed by atoms with Crippen molar-refractivity contribution in [2.75, 3.05) is 0 Å². The number of nitrogens with one attached hydrogen (secondary N) is 1. The fourth-order valence-corrected chi connectivity index (χ4v) is 2.15. The van der Waals surface area contributed by atoms with E-state index in [0.717, 1.165) is 22.9 Å². The third-order valence-corrected chi connectivity index (χ3v) is 3.03. The lowest BCUT2D eigenvalue weighted by molar-refractivity contribution is -0.131. The normalized spacial score (nSPS) is 12.4. The minimum atomic E-state index is -0.393. The van der Waals surface area contributed by atoms with Gasteiger partial charge < -0.3 is 14.5 Å². The highest BCUT2D eigenvalue weighted by Gasteiger charge is 2.16. The van der Waals surface area contributed by atoms with Gasteiger partial charge in [0, 0.05) is 29.7 Å². The maximum atomic E-state index is 11.2. The molecule has 0 saturated carbocycles. The molecule has 1 unspecified atom stereocenters. The molecule has 100 valence electrons.